The fourth-order valence-corrected chi connectivity index (χ4v) is 3.29. The second-order valence-electron chi connectivity index (χ2n) is 7.12. The summed E-state index contributed by atoms with van der Waals surface area (Å²) in [5.41, 5.74) is 3.24. The average molecular weight is 367 g/mol. The SMILES string of the molecule is CC(C)c1ccc(OCC(=O)OCC(=O)N2c3ccccc3C[C@@H]2C)cc1. The molecule has 0 unspecified atom stereocenters. The normalized spacial score (nSPS) is 15.6. The summed E-state index contributed by atoms with van der Waals surface area (Å²) < 4.78 is 10.5. The quantitative estimate of drug-likeness (QED) is 0.731. The molecule has 0 saturated carbocycles. The maximum absolute atomic E-state index is 12.5. The van der Waals surface area contributed by atoms with E-state index in [2.05, 4.69) is 13.8 Å². The van der Waals surface area contributed by atoms with E-state index >= 15 is 0 Å². The minimum atomic E-state index is -0.559. The van der Waals surface area contributed by atoms with Crippen LogP contribution in [0.4, 0.5) is 5.69 Å². The summed E-state index contributed by atoms with van der Waals surface area (Å²) in [7, 11) is 0. The van der Waals surface area contributed by atoms with Gasteiger partial charge < -0.3 is 14.4 Å². The van der Waals surface area contributed by atoms with E-state index in [0.29, 0.717) is 11.7 Å². The molecule has 0 saturated heterocycles. The van der Waals surface area contributed by atoms with Gasteiger partial charge in [-0.1, -0.05) is 44.2 Å². The molecule has 0 aromatic heterocycles. The van der Waals surface area contributed by atoms with Gasteiger partial charge in [-0.3, -0.25) is 4.79 Å². The molecule has 1 atom stereocenters. The summed E-state index contributed by atoms with van der Waals surface area (Å²) in [6.07, 6.45) is 0.811. The number of amides is 1. The van der Waals surface area contributed by atoms with Crippen LogP contribution >= 0.6 is 0 Å². The van der Waals surface area contributed by atoms with Gasteiger partial charge in [0.1, 0.15) is 5.75 Å². The highest BCUT2D eigenvalue weighted by atomic mass is 16.6. The zero-order chi connectivity index (χ0) is 19.4. The van der Waals surface area contributed by atoms with Crippen molar-refractivity contribution in [1.82, 2.24) is 0 Å². The van der Waals surface area contributed by atoms with Crippen molar-refractivity contribution < 1.29 is 19.1 Å². The van der Waals surface area contributed by atoms with Crippen LogP contribution in [0, 0.1) is 0 Å². The fourth-order valence-electron chi connectivity index (χ4n) is 3.29. The number of carbonyl (C=O) groups excluding carboxylic acids is 2. The smallest absolute Gasteiger partial charge is 0.344 e. The summed E-state index contributed by atoms with van der Waals surface area (Å²) in [5.74, 6) is 0.261. The van der Waals surface area contributed by atoms with Crippen LogP contribution in [0.15, 0.2) is 48.5 Å². The minimum absolute atomic E-state index is 0.0596. The number of hydrogen-bond acceptors (Lipinski definition) is 4. The Hall–Kier alpha value is -2.82. The van der Waals surface area contributed by atoms with Crippen molar-refractivity contribution in [3.8, 4) is 5.75 Å². The molecule has 1 heterocycles. The van der Waals surface area contributed by atoms with Gasteiger partial charge >= 0.3 is 5.97 Å². The van der Waals surface area contributed by atoms with E-state index in [4.69, 9.17) is 9.47 Å². The van der Waals surface area contributed by atoms with Crippen molar-refractivity contribution >= 4 is 17.6 Å². The molecule has 0 fully saturated rings. The monoisotopic (exact) mass is 367 g/mol. The highest BCUT2D eigenvalue weighted by Gasteiger charge is 2.30. The lowest BCUT2D eigenvalue weighted by Gasteiger charge is -2.22. The summed E-state index contributed by atoms with van der Waals surface area (Å²) in [4.78, 5) is 26.1. The molecule has 0 aliphatic carbocycles. The van der Waals surface area contributed by atoms with Crippen LogP contribution in [0.5, 0.6) is 5.75 Å². The summed E-state index contributed by atoms with van der Waals surface area (Å²) in [6.45, 7) is 5.71. The molecule has 5 heteroatoms. The van der Waals surface area contributed by atoms with Crippen molar-refractivity contribution in [2.75, 3.05) is 18.1 Å². The summed E-state index contributed by atoms with van der Waals surface area (Å²) >= 11 is 0. The Morgan fingerprint density at radius 2 is 1.78 bits per heavy atom. The Bertz CT molecular complexity index is 813. The number of hydrogen-bond donors (Lipinski definition) is 0. The lowest BCUT2D eigenvalue weighted by atomic mass is 10.0. The molecule has 0 spiro atoms. The van der Waals surface area contributed by atoms with Gasteiger partial charge in [0.25, 0.3) is 5.91 Å². The maximum atomic E-state index is 12.5. The number of anilines is 1. The average Bonchev–Trinajstić information content (AvgIpc) is 3.00. The predicted molar refractivity (Wildman–Crippen MR) is 104 cm³/mol. The third-order valence-corrected chi connectivity index (χ3v) is 4.74. The molecule has 1 aliphatic rings. The second kappa shape index (κ2) is 8.25. The second-order valence-corrected chi connectivity index (χ2v) is 7.12. The third kappa shape index (κ3) is 4.48. The van der Waals surface area contributed by atoms with E-state index in [1.54, 1.807) is 4.90 Å². The molecule has 2 aromatic rings. The van der Waals surface area contributed by atoms with E-state index in [1.807, 2.05) is 55.5 Å². The molecule has 1 aliphatic heterocycles. The number of para-hydroxylation sites is 1. The zero-order valence-electron chi connectivity index (χ0n) is 16.0. The molecule has 3 rings (SSSR count). The molecule has 2 aromatic carbocycles. The van der Waals surface area contributed by atoms with Gasteiger partial charge in [-0.15, -0.1) is 0 Å². The molecule has 0 radical (unpaired) electrons. The van der Waals surface area contributed by atoms with Crippen LogP contribution in [-0.2, 0) is 20.7 Å². The van der Waals surface area contributed by atoms with Crippen molar-refractivity contribution in [3.05, 3.63) is 59.7 Å². The van der Waals surface area contributed by atoms with Crippen LogP contribution in [-0.4, -0.2) is 31.1 Å². The first-order valence-corrected chi connectivity index (χ1v) is 9.24. The van der Waals surface area contributed by atoms with E-state index in [0.717, 1.165) is 17.7 Å². The molecule has 5 nitrogen and oxygen atoms in total. The standard InChI is InChI=1S/C22H25NO4/c1-15(2)17-8-10-19(11-9-17)26-14-22(25)27-13-21(24)23-16(3)12-18-6-4-5-7-20(18)23/h4-11,15-16H,12-14H2,1-3H3/t16-/m0/s1. The van der Waals surface area contributed by atoms with Gasteiger partial charge in [0.15, 0.2) is 13.2 Å². The van der Waals surface area contributed by atoms with E-state index in [9.17, 15) is 9.59 Å². The Morgan fingerprint density at radius 1 is 1.07 bits per heavy atom. The molecule has 27 heavy (non-hydrogen) atoms. The fraction of sp³-hybridized carbons (Fsp3) is 0.364. The molecular weight excluding hydrogens is 342 g/mol. The minimum Gasteiger partial charge on any atom is -0.482 e. The number of esters is 1. The summed E-state index contributed by atoms with van der Waals surface area (Å²) in [5, 5.41) is 0. The molecule has 142 valence electrons. The van der Waals surface area contributed by atoms with Gasteiger partial charge in [-0.2, -0.15) is 0 Å². The number of nitrogens with zero attached hydrogens (tertiary/aromatic N) is 1. The van der Waals surface area contributed by atoms with Gasteiger partial charge in [0.2, 0.25) is 0 Å². The van der Waals surface area contributed by atoms with Crippen molar-refractivity contribution in [2.24, 2.45) is 0 Å². The molecule has 0 bridgehead atoms. The maximum Gasteiger partial charge on any atom is 0.344 e. The first-order chi connectivity index (χ1) is 13.0. The third-order valence-electron chi connectivity index (χ3n) is 4.74. The van der Waals surface area contributed by atoms with Crippen LogP contribution < -0.4 is 9.64 Å². The number of rotatable bonds is 6. The highest BCUT2D eigenvalue weighted by molar-refractivity contribution is 5.97. The lowest BCUT2D eigenvalue weighted by Crippen LogP contribution is -2.39. The molecule has 0 N–H and O–H groups in total. The molecular formula is C22H25NO4. The van der Waals surface area contributed by atoms with Crippen LogP contribution in [0.2, 0.25) is 0 Å². The van der Waals surface area contributed by atoms with Crippen LogP contribution in [0.25, 0.3) is 0 Å². The number of carbonyl (C=O) groups is 2. The van der Waals surface area contributed by atoms with Crippen molar-refractivity contribution in [3.63, 3.8) is 0 Å². The summed E-state index contributed by atoms with van der Waals surface area (Å²) in [6, 6.07) is 15.5. The number of fused-ring (bicyclic) bond motifs is 1. The Kier molecular flexibility index (Phi) is 5.79. The van der Waals surface area contributed by atoms with Crippen molar-refractivity contribution in [1.29, 1.82) is 0 Å². The van der Waals surface area contributed by atoms with Gasteiger partial charge in [-0.25, -0.2) is 4.79 Å². The first-order valence-electron chi connectivity index (χ1n) is 9.24. The van der Waals surface area contributed by atoms with Crippen LogP contribution in [0.1, 0.15) is 37.8 Å². The zero-order valence-corrected chi connectivity index (χ0v) is 16.0. The van der Waals surface area contributed by atoms with Gasteiger partial charge in [0, 0.05) is 11.7 Å². The van der Waals surface area contributed by atoms with E-state index in [-0.39, 0.29) is 25.2 Å². The Balaban J connectivity index is 1.48. The van der Waals surface area contributed by atoms with Gasteiger partial charge in [0.05, 0.1) is 0 Å². The number of benzene rings is 2. The topological polar surface area (TPSA) is 55.8 Å². The molecule has 1 amide bonds. The number of ether oxygens (including phenoxy) is 2. The van der Waals surface area contributed by atoms with E-state index in [1.165, 1.54) is 5.56 Å². The van der Waals surface area contributed by atoms with E-state index < -0.39 is 5.97 Å². The van der Waals surface area contributed by atoms with Crippen molar-refractivity contribution in [2.45, 2.75) is 39.2 Å². The van der Waals surface area contributed by atoms with Gasteiger partial charge in [-0.05, 0) is 48.6 Å². The Morgan fingerprint density at radius 3 is 2.48 bits per heavy atom. The largest absolute Gasteiger partial charge is 0.482 e. The lowest BCUT2D eigenvalue weighted by molar-refractivity contribution is -0.149. The highest BCUT2D eigenvalue weighted by Crippen LogP contribution is 2.31. The Labute approximate surface area is 159 Å². The van der Waals surface area contributed by atoms with Crippen LogP contribution in [0.3, 0.4) is 0 Å². The first kappa shape index (κ1) is 19.0. The predicted octanol–water partition coefficient (Wildman–Crippen LogP) is 3.71.